The van der Waals surface area contributed by atoms with Crippen LogP contribution >= 0.6 is 0 Å². The quantitative estimate of drug-likeness (QED) is 0.735. The van der Waals surface area contributed by atoms with Crippen molar-refractivity contribution < 1.29 is 14.0 Å². The van der Waals surface area contributed by atoms with Crippen molar-refractivity contribution in [3.8, 4) is 0 Å². The maximum absolute atomic E-state index is 5.53. The standard InChI is InChI=1S/C11H21N3O3/c1-4-9(16-5-2)11-13-10(17-14-11)6-8(7-12)15-3/h8-9H,4-7,12H2,1-3H3. The molecule has 0 radical (unpaired) electrons. The zero-order valence-electron chi connectivity index (χ0n) is 10.7. The van der Waals surface area contributed by atoms with Crippen LogP contribution in [0.25, 0.3) is 0 Å². The first-order valence-electron chi connectivity index (χ1n) is 5.92. The molecule has 0 saturated heterocycles. The van der Waals surface area contributed by atoms with Gasteiger partial charge in [-0.15, -0.1) is 0 Å². The molecule has 98 valence electrons. The molecular formula is C11H21N3O3. The highest BCUT2D eigenvalue weighted by molar-refractivity contribution is 4.92. The zero-order valence-corrected chi connectivity index (χ0v) is 10.7. The lowest BCUT2D eigenvalue weighted by atomic mass is 10.2. The van der Waals surface area contributed by atoms with Crippen LogP contribution in [0.2, 0.25) is 0 Å². The number of aromatic nitrogens is 2. The van der Waals surface area contributed by atoms with E-state index in [1.54, 1.807) is 7.11 Å². The van der Waals surface area contributed by atoms with E-state index in [4.69, 9.17) is 19.7 Å². The van der Waals surface area contributed by atoms with Crippen molar-refractivity contribution in [1.29, 1.82) is 0 Å². The molecule has 6 heteroatoms. The van der Waals surface area contributed by atoms with Gasteiger partial charge in [-0.2, -0.15) is 4.98 Å². The SMILES string of the molecule is CCOC(CC)c1noc(CC(CN)OC)n1. The van der Waals surface area contributed by atoms with Gasteiger partial charge in [0, 0.05) is 20.3 Å². The fourth-order valence-electron chi connectivity index (χ4n) is 1.52. The number of nitrogens with zero attached hydrogens (tertiary/aromatic N) is 2. The summed E-state index contributed by atoms with van der Waals surface area (Å²) in [5.74, 6) is 1.13. The molecule has 1 rings (SSSR count). The number of nitrogens with two attached hydrogens (primary N) is 1. The topological polar surface area (TPSA) is 83.4 Å². The summed E-state index contributed by atoms with van der Waals surface area (Å²) in [5.41, 5.74) is 5.53. The fraction of sp³-hybridized carbons (Fsp3) is 0.818. The Kier molecular flexibility index (Phi) is 6.10. The third kappa shape index (κ3) is 4.07. The monoisotopic (exact) mass is 243 g/mol. The Hall–Kier alpha value is -0.980. The minimum Gasteiger partial charge on any atom is -0.380 e. The fourth-order valence-corrected chi connectivity index (χ4v) is 1.52. The molecule has 0 aromatic carbocycles. The molecule has 0 fully saturated rings. The van der Waals surface area contributed by atoms with Crippen LogP contribution in [0.4, 0.5) is 0 Å². The van der Waals surface area contributed by atoms with Crippen LogP contribution < -0.4 is 5.73 Å². The summed E-state index contributed by atoms with van der Waals surface area (Å²) in [6, 6.07) is 0. The number of hydrogen-bond donors (Lipinski definition) is 1. The van der Waals surface area contributed by atoms with Gasteiger partial charge in [0.25, 0.3) is 0 Å². The Labute approximate surface area is 101 Å². The Morgan fingerprint density at radius 3 is 2.71 bits per heavy atom. The largest absolute Gasteiger partial charge is 0.380 e. The molecule has 6 nitrogen and oxygen atoms in total. The van der Waals surface area contributed by atoms with E-state index in [1.807, 2.05) is 13.8 Å². The average molecular weight is 243 g/mol. The smallest absolute Gasteiger partial charge is 0.229 e. The van der Waals surface area contributed by atoms with Crippen LogP contribution in [-0.2, 0) is 15.9 Å². The van der Waals surface area contributed by atoms with E-state index in [1.165, 1.54) is 0 Å². The van der Waals surface area contributed by atoms with Crippen molar-refractivity contribution >= 4 is 0 Å². The van der Waals surface area contributed by atoms with Crippen molar-refractivity contribution in [2.75, 3.05) is 20.3 Å². The Morgan fingerprint density at radius 1 is 1.41 bits per heavy atom. The highest BCUT2D eigenvalue weighted by Gasteiger charge is 2.18. The van der Waals surface area contributed by atoms with Crippen LogP contribution in [0.3, 0.4) is 0 Å². The van der Waals surface area contributed by atoms with E-state index in [0.29, 0.717) is 31.3 Å². The van der Waals surface area contributed by atoms with Crippen LogP contribution in [-0.4, -0.2) is 36.5 Å². The summed E-state index contributed by atoms with van der Waals surface area (Å²) in [4.78, 5) is 4.30. The molecule has 1 aromatic rings. The summed E-state index contributed by atoms with van der Waals surface area (Å²) >= 11 is 0. The van der Waals surface area contributed by atoms with Gasteiger partial charge < -0.3 is 19.7 Å². The minimum absolute atomic E-state index is 0.0875. The Morgan fingerprint density at radius 2 is 2.18 bits per heavy atom. The van der Waals surface area contributed by atoms with E-state index in [0.717, 1.165) is 6.42 Å². The van der Waals surface area contributed by atoms with Crippen molar-refractivity contribution in [2.45, 2.75) is 38.9 Å². The summed E-state index contributed by atoms with van der Waals surface area (Å²) < 4.78 is 15.8. The number of hydrogen-bond acceptors (Lipinski definition) is 6. The lowest BCUT2D eigenvalue weighted by molar-refractivity contribution is 0.0518. The molecule has 2 atom stereocenters. The summed E-state index contributed by atoms with van der Waals surface area (Å²) in [7, 11) is 1.61. The van der Waals surface area contributed by atoms with Crippen LogP contribution in [0.5, 0.6) is 0 Å². The van der Waals surface area contributed by atoms with Gasteiger partial charge in [0.1, 0.15) is 6.10 Å². The van der Waals surface area contributed by atoms with Crippen molar-refractivity contribution in [3.05, 3.63) is 11.7 Å². The molecule has 0 aliphatic rings. The lowest BCUT2D eigenvalue weighted by Gasteiger charge is -2.10. The number of rotatable bonds is 8. The average Bonchev–Trinajstić information content (AvgIpc) is 2.81. The predicted octanol–water partition coefficient (Wildman–Crippen LogP) is 1.07. The predicted molar refractivity (Wildman–Crippen MR) is 62.5 cm³/mol. The molecule has 0 bridgehead atoms. The van der Waals surface area contributed by atoms with Gasteiger partial charge in [0.2, 0.25) is 11.7 Å². The van der Waals surface area contributed by atoms with E-state index in [9.17, 15) is 0 Å². The first kappa shape index (κ1) is 14.1. The molecule has 0 aliphatic carbocycles. The molecule has 1 heterocycles. The van der Waals surface area contributed by atoms with Crippen LogP contribution in [0, 0.1) is 0 Å². The van der Waals surface area contributed by atoms with E-state index >= 15 is 0 Å². The van der Waals surface area contributed by atoms with Gasteiger partial charge >= 0.3 is 0 Å². The molecule has 2 unspecified atom stereocenters. The summed E-state index contributed by atoms with van der Waals surface area (Å²) in [6.07, 6.45) is 1.16. The Bertz CT molecular complexity index is 313. The van der Waals surface area contributed by atoms with Gasteiger partial charge in [0.15, 0.2) is 0 Å². The first-order chi connectivity index (χ1) is 8.24. The molecule has 0 spiro atoms. The van der Waals surface area contributed by atoms with Crippen LogP contribution in [0.1, 0.15) is 38.1 Å². The maximum atomic E-state index is 5.53. The van der Waals surface area contributed by atoms with Gasteiger partial charge in [-0.3, -0.25) is 0 Å². The minimum atomic E-state index is -0.101. The van der Waals surface area contributed by atoms with Gasteiger partial charge in [-0.25, -0.2) is 0 Å². The van der Waals surface area contributed by atoms with Crippen molar-refractivity contribution in [1.82, 2.24) is 10.1 Å². The van der Waals surface area contributed by atoms with Gasteiger partial charge in [-0.1, -0.05) is 12.1 Å². The molecule has 0 aliphatic heterocycles. The van der Waals surface area contributed by atoms with Crippen LogP contribution in [0.15, 0.2) is 4.52 Å². The second-order valence-electron chi connectivity index (χ2n) is 3.70. The van der Waals surface area contributed by atoms with E-state index in [2.05, 4.69) is 10.1 Å². The third-order valence-corrected chi connectivity index (χ3v) is 2.51. The molecule has 2 N–H and O–H groups in total. The summed E-state index contributed by atoms with van der Waals surface area (Å²) in [5, 5.41) is 3.92. The van der Waals surface area contributed by atoms with E-state index < -0.39 is 0 Å². The molecule has 0 saturated carbocycles. The van der Waals surface area contributed by atoms with Crippen molar-refractivity contribution in [2.24, 2.45) is 5.73 Å². The maximum Gasteiger partial charge on any atom is 0.229 e. The lowest BCUT2D eigenvalue weighted by Crippen LogP contribution is -2.24. The van der Waals surface area contributed by atoms with Gasteiger partial charge in [0.05, 0.1) is 12.5 Å². The first-order valence-corrected chi connectivity index (χ1v) is 5.92. The molecular weight excluding hydrogens is 222 g/mol. The Balaban J connectivity index is 2.63. The molecule has 0 amide bonds. The highest BCUT2D eigenvalue weighted by atomic mass is 16.5. The third-order valence-electron chi connectivity index (χ3n) is 2.51. The highest BCUT2D eigenvalue weighted by Crippen LogP contribution is 2.18. The second kappa shape index (κ2) is 7.37. The normalized spacial score (nSPS) is 14.8. The molecule has 17 heavy (non-hydrogen) atoms. The van der Waals surface area contributed by atoms with Gasteiger partial charge in [-0.05, 0) is 13.3 Å². The number of methoxy groups -OCH3 is 1. The van der Waals surface area contributed by atoms with Crippen molar-refractivity contribution in [3.63, 3.8) is 0 Å². The number of ether oxygens (including phenoxy) is 2. The second-order valence-corrected chi connectivity index (χ2v) is 3.70. The zero-order chi connectivity index (χ0) is 12.7. The molecule has 1 aromatic heterocycles. The summed E-state index contributed by atoms with van der Waals surface area (Å²) in [6.45, 7) is 5.02. The van der Waals surface area contributed by atoms with E-state index in [-0.39, 0.29) is 12.2 Å².